The molecule has 2 amide bonds. The van der Waals surface area contributed by atoms with Crippen molar-refractivity contribution in [3.8, 4) is 0 Å². The number of allylic oxidation sites excluding steroid dienone is 2. The second-order valence-corrected chi connectivity index (χ2v) is 6.89. The number of imide groups is 1. The number of rotatable bonds is 2. The number of fused-ring (bicyclic) bond motifs is 5. The summed E-state index contributed by atoms with van der Waals surface area (Å²) in [6, 6.07) is -0.0781. The van der Waals surface area contributed by atoms with Crippen LogP contribution in [-0.2, 0) is 14.4 Å². The van der Waals surface area contributed by atoms with Crippen molar-refractivity contribution in [2.24, 2.45) is 29.6 Å². The van der Waals surface area contributed by atoms with Crippen LogP contribution in [0.15, 0.2) is 12.2 Å². The molecule has 1 aliphatic heterocycles. The van der Waals surface area contributed by atoms with Crippen LogP contribution in [0.3, 0.4) is 0 Å². The molecule has 4 atom stereocenters. The highest BCUT2D eigenvalue weighted by Gasteiger charge is 2.60. The van der Waals surface area contributed by atoms with Crippen molar-refractivity contribution in [2.75, 3.05) is 0 Å². The number of aliphatic carboxylic acids is 1. The van der Waals surface area contributed by atoms with Gasteiger partial charge in [-0.15, -0.1) is 0 Å². The molecule has 0 aromatic heterocycles. The van der Waals surface area contributed by atoms with E-state index in [0.29, 0.717) is 25.7 Å². The summed E-state index contributed by atoms with van der Waals surface area (Å²) in [5.74, 6) is -0.845. The van der Waals surface area contributed by atoms with Crippen LogP contribution in [0.4, 0.5) is 0 Å². The summed E-state index contributed by atoms with van der Waals surface area (Å²) in [6.45, 7) is 0. The van der Waals surface area contributed by atoms with Gasteiger partial charge in [-0.2, -0.15) is 0 Å². The Hall–Kier alpha value is -1.65. The Balaban J connectivity index is 1.51. The van der Waals surface area contributed by atoms with Crippen molar-refractivity contribution in [3.63, 3.8) is 0 Å². The van der Waals surface area contributed by atoms with Gasteiger partial charge in [-0.25, -0.2) is 0 Å². The van der Waals surface area contributed by atoms with Gasteiger partial charge < -0.3 is 5.11 Å². The first-order chi connectivity index (χ1) is 10.1. The summed E-state index contributed by atoms with van der Waals surface area (Å²) in [4.78, 5) is 37.8. The maximum Gasteiger partial charge on any atom is 0.306 e. The first kappa shape index (κ1) is 13.0. The normalized spacial score (nSPS) is 44.5. The predicted molar refractivity (Wildman–Crippen MR) is 73.0 cm³/mol. The van der Waals surface area contributed by atoms with Crippen molar-refractivity contribution < 1.29 is 19.5 Å². The Morgan fingerprint density at radius 2 is 1.52 bits per heavy atom. The average molecular weight is 289 g/mol. The lowest BCUT2D eigenvalue weighted by Gasteiger charge is -2.32. The number of hydrogen-bond donors (Lipinski definition) is 1. The molecular weight excluding hydrogens is 270 g/mol. The molecule has 0 aromatic carbocycles. The minimum atomic E-state index is -0.758. The van der Waals surface area contributed by atoms with E-state index in [1.807, 2.05) is 0 Å². The van der Waals surface area contributed by atoms with E-state index in [0.717, 1.165) is 6.42 Å². The third-order valence-electron chi connectivity index (χ3n) is 5.92. The van der Waals surface area contributed by atoms with Crippen molar-refractivity contribution in [1.29, 1.82) is 0 Å². The predicted octanol–water partition coefficient (Wildman–Crippen LogP) is 1.44. The van der Waals surface area contributed by atoms with Crippen molar-refractivity contribution in [3.05, 3.63) is 12.2 Å². The fourth-order valence-corrected chi connectivity index (χ4v) is 4.87. The molecule has 3 aliphatic carbocycles. The van der Waals surface area contributed by atoms with E-state index in [9.17, 15) is 14.4 Å². The molecule has 5 heteroatoms. The van der Waals surface area contributed by atoms with E-state index in [4.69, 9.17) is 5.11 Å². The first-order valence-corrected chi connectivity index (χ1v) is 7.86. The summed E-state index contributed by atoms with van der Waals surface area (Å²) in [5, 5.41) is 9.05. The van der Waals surface area contributed by atoms with Crippen LogP contribution < -0.4 is 0 Å². The molecule has 112 valence electrons. The third kappa shape index (κ3) is 1.72. The molecule has 3 fully saturated rings. The Kier molecular flexibility index (Phi) is 2.75. The summed E-state index contributed by atoms with van der Waals surface area (Å²) >= 11 is 0. The molecule has 1 N–H and O–H groups in total. The number of nitrogens with zero attached hydrogens (tertiary/aromatic N) is 1. The van der Waals surface area contributed by atoms with Crippen molar-refractivity contribution in [1.82, 2.24) is 4.90 Å². The molecule has 5 nitrogen and oxygen atoms in total. The fourth-order valence-electron chi connectivity index (χ4n) is 4.87. The molecule has 2 bridgehead atoms. The molecule has 2 saturated carbocycles. The van der Waals surface area contributed by atoms with E-state index in [1.165, 1.54) is 4.90 Å². The fraction of sp³-hybridized carbons (Fsp3) is 0.688. The zero-order valence-corrected chi connectivity index (χ0v) is 11.8. The van der Waals surface area contributed by atoms with Gasteiger partial charge in [0.1, 0.15) is 0 Å². The molecular formula is C16H19NO4. The summed E-state index contributed by atoms with van der Waals surface area (Å²) in [5.41, 5.74) is 0. The van der Waals surface area contributed by atoms with Gasteiger partial charge in [-0.3, -0.25) is 19.3 Å². The molecule has 4 rings (SSSR count). The lowest BCUT2D eigenvalue weighted by atomic mass is 9.85. The van der Waals surface area contributed by atoms with Gasteiger partial charge in [-0.1, -0.05) is 12.2 Å². The Morgan fingerprint density at radius 1 is 1.00 bits per heavy atom. The molecule has 0 spiro atoms. The lowest BCUT2D eigenvalue weighted by molar-refractivity contribution is -0.146. The molecule has 4 aliphatic rings. The van der Waals surface area contributed by atoms with Gasteiger partial charge in [-0.05, 0) is 43.9 Å². The zero-order chi connectivity index (χ0) is 14.7. The number of likely N-dealkylation sites (tertiary alicyclic amines) is 1. The average Bonchev–Trinajstić information content (AvgIpc) is 3.13. The van der Waals surface area contributed by atoms with Crippen LogP contribution in [0.2, 0.25) is 0 Å². The van der Waals surface area contributed by atoms with Crippen molar-refractivity contribution >= 4 is 17.8 Å². The van der Waals surface area contributed by atoms with Crippen molar-refractivity contribution in [2.45, 2.75) is 38.1 Å². The Morgan fingerprint density at radius 3 is 2.00 bits per heavy atom. The highest BCUT2D eigenvalue weighted by molar-refractivity contribution is 6.06. The smallest absolute Gasteiger partial charge is 0.306 e. The highest BCUT2D eigenvalue weighted by Crippen LogP contribution is 2.53. The number of carbonyl (C=O) groups excluding carboxylic acids is 2. The van der Waals surface area contributed by atoms with Gasteiger partial charge in [0.2, 0.25) is 11.8 Å². The number of carboxylic acid groups (broad SMARTS) is 1. The van der Waals surface area contributed by atoms with E-state index in [-0.39, 0.29) is 47.4 Å². The van der Waals surface area contributed by atoms with Crippen LogP contribution in [0, 0.1) is 29.6 Å². The van der Waals surface area contributed by atoms with Gasteiger partial charge in [0, 0.05) is 6.04 Å². The number of hydrogen-bond acceptors (Lipinski definition) is 3. The summed E-state index contributed by atoms with van der Waals surface area (Å²) in [6.07, 6.45) is 7.55. The maximum atomic E-state index is 12.7. The van der Waals surface area contributed by atoms with Crippen LogP contribution in [0.25, 0.3) is 0 Å². The number of carboxylic acids is 1. The molecule has 0 aromatic rings. The first-order valence-electron chi connectivity index (χ1n) is 7.86. The largest absolute Gasteiger partial charge is 0.481 e. The molecule has 1 heterocycles. The molecule has 21 heavy (non-hydrogen) atoms. The zero-order valence-electron chi connectivity index (χ0n) is 11.8. The summed E-state index contributed by atoms with van der Waals surface area (Å²) in [7, 11) is 0. The minimum absolute atomic E-state index is 0.000579. The number of carbonyl (C=O) groups is 3. The lowest BCUT2D eigenvalue weighted by Crippen LogP contribution is -2.44. The molecule has 4 unspecified atom stereocenters. The van der Waals surface area contributed by atoms with Gasteiger partial charge in [0.25, 0.3) is 0 Å². The van der Waals surface area contributed by atoms with Gasteiger partial charge in [0.05, 0.1) is 17.8 Å². The van der Waals surface area contributed by atoms with Crippen LogP contribution in [-0.4, -0.2) is 33.8 Å². The number of amides is 2. The van der Waals surface area contributed by atoms with Gasteiger partial charge >= 0.3 is 5.97 Å². The SMILES string of the molecule is O=C(O)C1CCC(N2C(=O)C3C4C=CC(C4)C3C2=O)CC1. The van der Waals surface area contributed by atoms with Crippen LogP contribution in [0.1, 0.15) is 32.1 Å². The topological polar surface area (TPSA) is 74.7 Å². The van der Waals surface area contributed by atoms with E-state index >= 15 is 0 Å². The minimum Gasteiger partial charge on any atom is -0.481 e. The molecule has 0 radical (unpaired) electrons. The summed E-state index contributed by atoms with van der Waals surface area (Å²) < 4.78 is 0. The third-order valence-corrected chi connectivity index (χ3v) is 5.92. The van der Waals surface area contributed by atoms with E-state index in [1.54, 1.807) is 0 Å². The second-order valence-electron chi connectivity index (χ2n) is 6.89. The standard InChI is InChI=1S/C16H19NO4/c18-14-12-9-1-2-10(7-9)13(12)15(19)17(14)11-5-3-8(4-6-11)16(20)21/h1-2,8-13H,3-7H2,(H,20,21). The second kappa shape index (κ2) is 4.42. The van der Waals surface area contributed by atoms with Crippen LogP contribution >= 0.6 is 0 Å². The maximum absolute atomic E-state index is 12.7. The Bertz CT molecular complexity index is 516. The Labute approximate surface area is 123 Å². The van der Waals surface area contributed by atoms with E-state index < -0.39 is 5.97 Å². The highest BCUT2D eigenvalue weighted by atomic mass is 16.4. The van der Waals surface area contributed by atoms with Crippen LogP contribution in [0.5, 0.6) is 0 Å². The monoisotopic (exact) mass is 289 g/mol. The van der Waals surface area contributed by atoms with Gasteiger partial charge in [0.15, 0.2) is 0 Å². The van der Waals surface area contributed by atoms with E-state index in [2.05, 4.69) is 12.2 Å². The molecule has 1 saturated heterocycles. The quantitative estimate of drug-likeness (QED) is 0.616.